The predicted molar refractivity (Wildman–Crippen MR) is 135 cm³/mol. The summed E-state index contributed by atoms with van der Waals surface area (Å²) in [5, 5.41) is 16.2. The van der Waals surface area contributed by atoms with Gasteiger partial charge in [0.15, 0.2) is 11.5 Å². The van der Waals surface area contributed by atoms with Crippen molar-refractivity contribution in [3.05, 3.63) is 74.3 Å². The summed E-state index contributed by atoms with van der Waals surface area (Å²) in [6, 6.07) is 9.62. The number of nitro benzene ring substituents is 1. The summed E-state index contributed by atoms with van der Waals surface area (Å²) in [4.78, 5) is 36.4. The van der Waals surface area contributed by atoms with Gasteiger partial charge >= 0.3 is 0 Å². The van der Waals surface area contributed by atoms with Crippen LogP contribution in [0.4, 0.5) is 5.69 Å². The molecule has 2 bridgehead atoms. The van der Waals surface area contributed by atoms with Crippen LogP contribution in [0.3, 0.4) is 0 Å². The minimum Gasteiger partial charge on any atom is -0.490 e. The molecule has 3 aliphatic carbocycles. The highest BCUT2D eigenvalue weighted by atomic mass is 79.9. The zero-order valence-electron chi connectivity index (χ0n) is 19.5. The fourth-order valence-corrected chi connectivity index (χ4v) is 5.81. The average Bonchev–Trinajstić information content (AvgIpc) is 3.15. The van der Waals surface area contributed by atoms with Crippen molar-refractivity contribution in [3.63, 3.8) is 0 Å². The smallest absolute Gasteiger partial charge is 0.269 e. The van der Waals surface area contributed by atoms with Gasteiger partial charge in [0.2, 0.25) is 0 Å². The van der Waals surface area contributed by atoms with E-state index in [2.05, 4.69) is 33.2 Å². The molecule has 1 aliphatic heterocycles. The molecular formula is C26H24BrN3O6. The van der Waals surface area contributed by atoms with E-state index in [1.54, 1.807) is 24.3 Å². The van der Waals surface area contributed by atoms with E-state index in [0.717, 1.165) is 23.4 Å². The van der Waals surface area contributed by atoms with Gasteiger partial charge in [-0.15, -0.1) is 0 Å². The molecule has 4 atom stereocenters. The molecule has 36 heavy (non-hydrogen) atoms. The number of amides is 2. The van der Waals surface area contributed by atoms with E-state index in [9.17, 15) is 19.7 Å². The molecule has 1 heterocycles. The summed E-state index contributed by atoms with van der Waals surface area (Å²) in [7, 11) is 0. The number of non-ortho nitro benzene ring substituents is 1. The SMILES string of the molecule is CCOc1cc(/C=N\N2C(=O)[C@H]3[C@H](C2=O)[C@H]2C=C[C@H]3CC2)cc(Br)c1OCc1ccc([N+](=O)[O-])cc1. The van der Waals surface area contributed by atoms with Crippen molar-refractivity contribution in [2.75, 3.05) is 6.61 Å². The lowest BCUT2D eigenvalue weighted by Gasteiger charge is -2.37. The van der Waals surface area contributed by atoms with E-state index < -0.39 is 4.92 Å². The Labute approximate surface area is 216 Å². The molecule has 2 fully saturated rings. The fraction of sp³-hybridized carbons (Fsp3) is 0.346. The number of carbonyl (C=O) groups is 2. The fourth-order valence-electron chi connectivity index (χ4n) is 5.23. The second kappa shape index (κ2) is 9.85. The lowest BCUT2D eigenvalue weighted by Crippen LogP contribution is -2.38. The van der Waals surface area contributed by atoms with Crippen LogP contribution in [0.2, 0.25) is 0 Å². The maximum absolute atomic E-state index is 13.0. The lowest BCUT2D eigenvalue weighted by molar-refractivity contribution is -0.384. The van der Waals surface area contributed by atoms with Crippen molar-refractivity contribution in [1.82, 2.24) is 5.01 Å². The quantitative estimate of drug-likeness (QED) is 0.151. The van der Waals surface area contributed by atoms with Crippen molar-refractivity contribution in [2.45, 2.75) is 26.4 Å². The number of fused-ring (bicyclic) bond motifs is 1. The minimum atomic E-state index is -0.451. The summed E-state index contributed by atoms with van der Waals surface area (Å²) in [5.74, 6) is 0.0863. The Morgan fingerprint density at radius 2 is 1.72 bits per heavy atom. The highest BCUT2D eigenvalue weighted by molar-refractivity contribution is 9.10. The number of allylic oxidation sites excluding steroid dienone is 2. The van der Waals surface area contributed by atoms with Crippen molar-refractivity contribution in [3.8, 4) is 11.5 Å². The Bertz CT molecular complexity index is 1240. The third-order valence-electron chi connectivity index (χ3n) is 6.92. The normalized spacial score (nSPS) is 24.4. The van der Waals surface area contributed by atoms with E-state index in [0.29, 0.717) is 28.1 Å². The number of carbonyl (C=O) groups excluding carboxylic acids is 2. The van der Waals surface area contributed by atoms with Gasteiger partial charge < -0.3 is 9.47 Å². The van der Waals surface area contributed by atoms with Crippen LogP contribution in [-0.2, 0) is 16.2 Å². The Balaban J connectivity index is 1.33. The molecule has 2 aromatic carbocycles. The highest BCUT2D eigenvalue weighted by Gasteiger charge is 2.56. The zero-order valence-corrected chi connectivity index (χ0v) is 21.1. The number of hydrogen-bond acceptors (Lipinski definition) is 7. The largest absolute Gasteiger partial charge is 0.490 e. The molecule has 2 amide bonds. The predicted octanol–water partition coefficient (Wildman–Crippen LogP) is 4.87. The first-order valence-corrected chi connectivity index (χ1v) is 12.6. The number of nitrogens with zero attached hydrogens (tertiary/aromatic N) is 3. The monoisotopic (exact) mass is 553 g/mol. The van der Waals surface area contributed by atoms with Gasteiger partial charge in [-0.25, -0.2) is 0 Å². The number of rotatable bonds is 8. The maximum atomic E-state index is 13.0. The summed E-state index contributed by atoms with van der Waals surface area (Å²) in [5.41, 5.74) is 1.40. The third kappa shape index (κ3) is 4.41. The minimum absolute atomic E-state index is 0.0108. The third-order valence-corrected chi connectivity index (χ3v) is 7.51. The van der Waals surface area contributed by atoms with Crippen molar-refractivity contribution < 1.29 is 24.0 Å². The first-order valence-electron chi connectivity index (χ1n) is 11.8. The first kappa shape index (κ1) is 24.2. The molecular weight excluding hydrogens is 530 g/mol. The standard InChI is InChI=1S/C26H24BrN3O6/c1-2-35-21-12-16(11-20(27)24(21)36-14-15-3-9-19(10-4-15)30(33)34)13-28-29-25(31)22-17-5-6-18(8-7-17)23(22)26(29)32/h3-6,9-13,17-18,22-23H,2,7-8,14H2,1H3/b28-13-/t17-,18-,22+,23+/m0/s1. The Kier molecular flexibility index (Phi) is 6.61. The summed E-state index contributed by atoms with van der Waals surface area (Å²) in [6.45, 7) is 2.42. The topological polar surface area (TPSA) is 111 Å². The Morgan fingerprint density at radius 1 is 1.08 bits per heavy atom. The van der Waals surface area contributed by atoms with Gasteiger partial charge in [0.05, 0.1) is 34.1 Å². The molecule has 0 aromatic heterocycles. The number of ether oxygens (including phenoxy) is 2. The van der Waals surface area contributed by atoms with Crippen molar-refractivity contribution in [2.24, 2.45) is 28.8 Å². The molecule has 4 aliphatic rings. The van der Waals surface area contributed by atoms with Gasteiger partial charge in [-0.2, -0.15) is 10.1 Å². The van der Waals surface area contributed by atoms with Gasteiger partial charge in [-0.1, -0.05) is 12.2 Å². The zero-order chi connectivity index (χ0) is 25.4. The van der Waals surface area contributed by atoms with E-state index >= 15 is 0 Å². The lowest BCUT2D eigenvalue weighted by atomic mass is 9.63. The molecule has 0 radical (unpaired) electrons. The van der Waals surface area contributed by atoms with E-state index in [1.807, 2.05) is 6.92 Å². The van der Waals surface area contributed by atoms with Gasteiger partial charge in [0.1, 0.15) is 6.61 Å². The summed E-state index contributed by atoms with van der Waals surface area (Å²) < 4.78 is 12.3. The van der Waals surface area contributed by atoms with Crippen LogP contribution in [0.5, 0.6) is 11.5 Å². The summed E-state index contributed by atoms with van der Waals surface area (Å²) in [6.07, 6.45) is 7.51. The summed E-state index contributed by atoms with van der Waals surface area (Å²) >= 11 is 3.51. The second-order valence-electron chi connectivity index (χ2n) is 9.05. The van der Waals surface area contributed by atoms with Crippen LogP contribution in [0, 0.1) is 33.8 Å². The van der Waals surface area contributed by atoms with Crippen LogP contribution < -0.4 is 9.47 Å². The van der Waals surface area contributed by atoms with Crippen LogP contribution in [-0.4, -0.2) is 34.6 Å². The second-order valence-corrected chi connectivity index (χ2v) is 9.90. The number of hydrogen-bond donors (Lipinski definition) is 0. The van der Waals surface area contributed by atoms with Gasteiger partial charge in [0.25, 0.3) is 17.5 Å². The van der Waals surface area contributed by atoms with Crippen LogP contribution >= 0.6 is 15.9 Å². The van der Waals surface area contributed by atoms with E-state index in [-0.39, 0.29) is 47.8 Å². The molecule has 9 nitrogen and oxygen atoms in total. The molecule has 2 aromatic rings. The maximum Gasteiger partial charge on any atom is 0.269 e. The molecule has 1 saturated carbocycles. The van der Waals surface area contributed by atoms with Gasteiger partial charge in [-0.05, 0) is 82.9 Å². The molecule has 10 heteroatoms. The number of halogens is 1. The van der Waals surface area contributed by atoms with Crippen molar-refractivity contribution in [1.29, 1.82) is 0 Å². The molecule has 1 saturated heterocycles. The van der Waals surface area contributed by atoms with Gasteiger partial charge in [-0.3, -0.25) is 19.7 Å². The van der Waals surface area contributed by atoms with Crippen LogP contribution in [0.1, 0.15) is 30.9 Å². The molecule has 0 unspecified atom stereocenters. The number of hydrazone groups is 1. The molecule has 0 spiro atoms. The molecule has 186 valence electrons. The van der Waals surface area contributed by atoms with Gasteiger partial charge in [0, 0.05) is 12.1 Å². The van der Waals surface area contributed by atoms with Crippen molar-refractivity contribution >= 4 is 39.6 Å². The number of nitro groups is 1. The highest BCUT2D eigenvalue weighted by Crippen LogP contribution is 2.49. The number of benzene rings is 2. The van der Waals surface area contributed by atoms with Crippen LogP contribution in [0.15, 0.2) is 58.1 Å². The van der Waals surface area contributed by atoms with E-state index in [1.165, 1.54) is 18.3 Å². The Hall–Kier alpha value is -3.53. The average molecular weight is 554 g/mol. The first-order chi connectivity index (χ1) is 17.4. The molecule has 6 rings (SSSR count). The number of imide groups is 1. The van der Waals surface area contributed by atoms with E-state index in [4.69, 9.17) is 9.47 Å². The Morgan fingerprint density at radius 3 is 2.28 bits per heavy atom. The molecule has 0 N–H and O–H groups in total. The van der Waals surface area contributed by atoms with Crippen LogP contribution in [0.25, 0.3) is 0 Å².